The Morgan fingerprint density at radius 3 is 2.80 bits per heavy atom. The number of rotatable bonds is 0. The van der Waals surface area contributed by atoms with Gasteiger partial charge in [0.15, 0.2) is 0 Å². The fourth-order valence-corrected chi connectivity index (χ4v) is 1.44. The summed E-state index contributed by atoms with van der Waals surface area (Å²) in [5, 5.41) is 2.31. The molecule has 0 atom stereocenters. The quantitative estimate of drug-likeness (QED) is 0.427. The van der Waals surface area contributed by atoms with Crippen molar-refractivity contribution in [2.24, 2.45) is 0 Å². The molecular weight excluding hydrogens is 127 g/mol. The average molecular weight is 132 g/mol. The summed E-state index contributed by atoms with van der Waals surface area (Å²) >= 11 is 0.764. The van der Waals surface area contributed by atoms with Crippen LogP contribution in [-0.2, 0) is 0 Å². The number of hydrogen-bond donors (Lipinski definition) is 0. The number of hydrogen-bond acceptors (Lipinski definition) is 0. The second kappa shape index (κ2) is 1.64. The second-order valence-corrected chi connectivity index (χ2v) is 2.75. The molecule has 1 radical (unpaired) electrons. The van der Waals surface area contributed by atoms with E-state index in [2.05, 4.69) is 16.4 Å². The first-order valence-corrected chi connectivity index (χ1v) is 3.60. The summed E-state index contributed by atoms with van der Waals surface area (Å²) in [4.78, 5) is 2.24. The van der Waals surface area contributed by atoms with Crippen molar-refractivity contribution >= 4 is 15.0 Å². The van der Waals surface area contributed by atoms with E-state index in [1.165, 1.54) is 6.42 Å². The van der Waals surface area contributed by atoms with Gasteiger partial charge in [0.25, 0.3) is 0 Å². The standard InChI is InChI=1S/C4H5Se/c1-2-4-5-3-1/h1,3-4H,2H2. The van der Waals surface area contributed by atoms with Crippen LogP contribution in [0.3, 0.4) is 0 Å². The summed E-state index contributed by atoms with van der Waals surface area (Å²) in [6.45, 7) is 0. The molecule has 27 valence electrons. The van der Waals surface area contributed by atoms with Crippen molar-refractivity contribution < 1.29 is 0 Å². The molecule has 0 nitrogen and oxygen atoms in total. The van der Waals surface area contributed by atoms with Crippen LogP contribution in [0.1, 0.15) is 6.42 Å². The Labute approximate surface area is 38.4 Å². The van der Waals surface area contributed by atoms with Crippen molar-refractivity contribution in [3.05, 3.63) is 16.4 Å². The molecule has 0 aromatic rings. The molecule has 0 unspecified atom stereocenters. The van der Waals surface area contributed by atoms with Crippen molar-refractivity contribution in [2.75, 3.05) is 0 Å². The normalized spacial score (nSPS) is 20.8. The zero-order chi connectivity index (χ0) is 3.54. The van der Waals surface area contributed by atoms with E-state index in [0.29, 0.717) is 0 Å². The Kier molecular flexibility index (Phi) is 1.13. The molecule has 0 saturated carbocycles. The van der Waals surface area contributed by atoms with Crippen LogP contribution in [0.2, 0.25) is 0 Å². The second-order valence-electron chi connectivity index (χ2n) is 0.910. The molecule has 0 bridgehead atoms. The van der Waals surface area contributed by atoms with E-state index in [0.717, 1.165) is 15.0 Å². The summed E-state index contributed by atoms with van der Waals surface area (Å²) in [5.74, 6) is 0. The van der Waals surface area contributed by atoms with Crippen molar-refractivity contribution in [3.63, 3.8) is 0 Å². The molecule has 0 saturated heterocycles. The first-order chi connectivity index (χ1) is 2.50. The van der Waals surface area contributed by atoms with Gasteiger partial charge < -0.3 is 0 Å². The third-order valence-electron chi connectivity index (χ3n) is 0.503. The van der Waals surface area contributed by atoms with Crippen molar-refractivity contribution in [1.29, 1.82) is 0 Å². The molecule has 1 heteroatoms. The fourth-order valence-electron chi connectivity index (χ4n) is 0.278. The van der Waals surface area contributed by atoms with E-state index >= 15 is 0 Å². The Morgan fingerprint density at radius 1 is 1.60 bits per heavy atom. The third kappa shape index (κ3) is 0.786. The number of allylic oxidation sites excluding steroid dienone is 1. The third-order valence-corrected chi connectivity index (χ3v) is 2.04. The molecule has 0 amide bonds. The Hall–Kier alpha value is 0.259. The van der Waals surface area contributed by atoms with Crippen LogP contribution in [0.4, 0.5) is 0 Å². The molecule has 0 spiro atoms. The Morgan fingerprint density at radius 2 is 2.60 bits per heavy atom. The summed E-state index contributed by atoms with van der Waals surface area (Å²) < 4.78 is 0. The molecule has 0 N–H and O–H groups in total. The summed E-state index contributed by atoms with van der Waals surface area (Å²) in [5.41, 5.74) is 0. The van der Waals surface area contributed by atoms with E-state index in [1.54, 1.807) is 0 Å². The van der Waals surface area contributed by atoms with Gasteiger partial charge in [-0.25, -0.2) is 0 Å². The topological polar surface area (TPSA) is 0 Å². The van der Waals surface area contributed by atoms with Gasteiger partial charge in [-0.15, -0.1) is 0 Å². The summed E-state index contributed by atoms with van der Waals surface area (Å²) in [7, 11) is 0. The van der Waals surface area contributed by atoms with Crippen LogP contribution in [0.5, 0.6) is 0 Å². The van der Waals surface area contributed by atoms with E-state index in [9.17, 15) is 0 Å². The van der Waals surface area contributed by atoms with Crippen LogP contribution in [0, 0.1) is 5.32 Å². The van der Waals surface area contributed by atoms with Crippen molar-refractivity contribution in [1.82, 2.24) is 0 Å². The van der Waals surface area contributed by atoms with Gasteiger partial charge in [0.1, 0.15) is 0 Å². The average Bonchev–Trinajstić information content (AvgIpc) is 1.76. The van der Waals surface area contributed by atoms with Gasteiger partial charge in [0, 0.05) is 0 Å². The molecule has 1 aliphatic rings. The monoisotopic (exact) mass is 133 g/mol. The van der Waals surface area contributed by atoms with Crippen molar-refractivity contribution in [2.45, 2.75) is 6.42 Å². The van der Waals surface area contributed by atoms with Crippen molar-refractivity contribution in [3.8, 4) is 0 Å². The Balaban J connectivity index is 2.32. The zero-order valence-electron chi connectivity index (χ0n) is 2.85. The first kappa shape index (κ1) is 3.45. The Bertz CT molecular complexity index is 41.6. The molecule has 1 aliphatic heterocycles. The van der Waals surface area contributed by atoms with Gasteiger partial charge in [-0.05, 0) is 0 Å². The van der Waals surface area contributed by atoms with E-state index in [-0.39, 0.29) is 0 Å². The maximum atomic E-state index is 2.31. The molecule has 5 heavy (non-hydrogen) atoms. The SMILES string of the molecule is [CH]1CC=C[Se]1. The van der Waals surface area contributed by atoms with Gasteiger partial charge in [-0.2, -0.15) is 0 Å². The molecule has 0 aliphatic carbocycles. The molecule has 0 aromatic heterocycles. The predicted molar refractivity (Wildman–Crippen MR) is 23.8 cm³/mol. The fraction of sp³-hybridized carbons (Fsp3) is 0.250. The minimum absolute atomic E-state index is 0.764. The molecule has 1 rings (SSSR count). The van der Waals surface area contributed by atoms with E-state index in [4.69, 9.17) is 0 Å². The molecule has 0 aromatic carbocycles. The summed E-state index contributed by atoms with van der Waals surface area (Å²) in [6, 6.07) is 0. The van der Waals surface area contributed by atoms with E-state index in [1.807, 2.05) is 0 Å². The van der Waals surface area contributed by atoms with Gasteiger partial charge in [-0.3, -0.25) is 0 Å². The molecular formula is C4H5Se. The maximum absolute atomic E-state index is 2.31. The predicted octanol–water partition coefficient (Wildman–Crippen LogP) is 0.770. The van der Waals surface area contributed by atoms with Gasteiger partial charge in [0.2, 0.25) is 0 Å². The molecule has 1 heterocycles. The van der Waals surface area contributed by atoms with Gasteiger partial charge in [-0.1, -0.05) is 0 Å². The zero-order valence-corrected chi connectivity index (χ0v) is 4.56. The minimum atomic E-state index is 0.764. The summed E-state index contributed by atoms with van der Waals surface area (Å²) in [6.07, 6.45) is 3.43. The van der Waals surface area contributed by atoms with Crippen LogP contribution < -0.4 is 0 Å². The van der Waals surface area contributed by atoms with Crippen LogP contribution >= 0.6 is 0 Å². The van der Waals surface area contributed by atoms with Crippen LogP contribution in [0.15, 0.2) is 11.1 Å². The first-order valence-electron chi connectivity index (χ1n) is 1.62. The van der Waals surface area contributed by atoms with Crippen LogP contribution in [0.25, 0.3) is 0 Å². The van der Waals surface area contributed by atoms with Crippen LogP contribution in [-0.4, -0.2) is 15.0 Å². The van der Waals surface area contributed by atoms with E-state index < -0.39 is 0 Å². The molecule has 0 fully saturated rings. The van der Waals surface area contributed by atoms with Gasteiger partial charge in [0.05, 0.1) is 0 Å². The van der Waals surface area contributed by atoms with Gasteiger partial charge >= 0.3 is 37.7 Å².